The lowest BCUT2D eigenvalue weighted by Crippen LogP contribution is -2.20. The summed E-state index contributed by atoms with van der Waals surface area (Å²) >= 11 is 6.87. The average molecular weight is 581 g/mol. The molecular weight excluding hydrogens is 566 g/mol. The van der Waals surface area contributed by atoms with Crippen molar-refractivity contribution >= 4 is 65.9 Å². The smallest absolute Gasteiger partial charge is 0.308 e. The fraction of sp³-hybridized carbons (Fsp3) is 0.0400. The highest BCUT2D eigenvalue weighted by atomic mass is 79.9. The van der Waals surface area contributed by atoms with Crippen molar-refractivity contribution in [2.75, 3.05) is 0 Å². The van der Waals surface area contributed by atoms with Gasteiger partial charge in [0.1, 0.15) is 11.3 Å². The van der Waals surface area contributed by atoms with Gasteiger partial charge in [-0.1, -0.05) is 44.0 Å². The molecule has 0 aliphatic heterocycles. The third kappa shape index (κ3) is 4.32. The minimum Gasteiger partial charge on any atom is -0.453 e. The summed E-state index contributed by atoms with van der Waals surface area (Å²) in [6, 6.07) is 19.6. The van der Waals surface area contributed by atoms with Crippen LogP contribution in [0.1, 0.15) is 12.5 Å². The van der Waals surface area contributed by atoms with E-state index in [4.69, 9.17) is 9.15 Å². The summed E-state index contributed by atoms with van der Waals surface area (Å²) in [5.74, 6) is 0.492. The molecule has 2 aromatic heterocycles. The highest BCUT2D eigenvalue weighted by Gasteiger charge is 2.17. The van der Waals surface area contributed by atoms with Crippen LogP contribution in [0, 0.1) is 0 Å². The number of aromatic nitrogens is 2. The Kier molecular flexibility index (Phi) is 5.89. The third-order valence-electron chi connectivity index (χ3n) is 4.99. The Morgan fingerprint density at radius 2 is 1.82 bits per heavy atom. The van der Waals surface area contributed by atoms with Crippen LogP contribution in [0.3, 0.4) is 0 Å². The van der Waals surface area contributed by atoms with E-state index in [0.717, 1.165) is 14.3 Å². The van der Waals surface area contributed by atoms with Crippen molar-refractivity contribution < 1.29 is 13.9 Å². The molecule has 2 heterocycles. The molecule has 34 heavy (non-hydrogen) atoms. The molecule has 0 saturated heterocycles. The van der Waals surface area contributed by atoms with E-state index in [1.165, 1.54) is 17.8 Å². The lowest BCUT2D eigenvalue weighted by molar-refractivity contribution is -0.131. The molecule has 0 radical (unpaired) electrons. The molecule has 7 nitrogen and oxygen atoms in total. The number of fused-ring (bicyclic) bond motifs is 2. The number of hydrogen-bond acceptors (Lipinski definition) is 6. The van der Waals surface area contributed by atoms with Gasteiger partial charge in [0.05, 0.1) is 17.1 Å². The zero-order valence-corrected chi connectivity index (χ0v) is 20.8. The molecule has 0 amide bonds. The number of nitrogens with zero attached hydrogens (tertiary/aromatic N) is 3. The lowest BCUT2D eigenvalue weighted by atomic mass is 10.2. The number of benzene rings is 3. The van der Waals surface area contributed by atoms with Crippen LogP contribution in [0.2, 0.25) is 0 Å². The summed E-state index contributed by atoms with van der Waals surface area (Å²) in [6.45, 7) is 1.32. The SMILES string of the molecule is CC(=O)Oc1ccc(Br)cc1C=Nn1c(-c2cc3cc(Br)ccc3o2)nc2ccccc2c1=O. The number of carbonyl (C=O) groups is 1. The Hall–Kier alpha value is -3.56. The zero-order chi connectivity index (χ0) is 23.8. The van der Waals surface area contributed by atoms with E-state index in [1.807, 2.05) is 30.3 Å². The monoisotopic (exact) mass is 579 g/mol. The largest absolute Gasteiger partial charge is 0.453 e. The number of rotatable bonds is 4. The first-order chi connectivity index (χ1) is 16.4. The van der Waals surface area contributed by atoms with Crippen molar-refractivity contribution in [3.8, 4) is 17.3 Å². The molecule has 0 aliphatic rings. The average Bonchev–Trinajstić information content (AvgIpc) is 3.22. The maximum atomic E-state index is 13.4. The maximum absolute atomic E-state index is 13.4. The molecule has 0 N–H and O–H groups in total. The molecule has 0 saturated carbocycles. The first-order valence-electron chi connectivity index (χ1n) is 10.1. The van der Waals surface area contributed by atoms with Crippen LogP contribution in [0.5, 0.6) is 5.75 Å². The van der Waals surface area contributed by atoms with Gasteiger partial charge in [-0.15, -0.1) is 0 Å². The topological polar surface area (TPSA) is 86.7 Å². The van der Waals surface area contributed by atoms with Crippen LogP contribution in [0.4, 0.5) is 0 Å². The van der Waals surface area contributed by atoms with Gasteiger partial charge in [0, 0.05) is 26.8 Å². The van der Waals surface area contributed by atoms with Gasteiger partial charge in [0.25, 0.3) is 5.56 Å². The van der Waals surface area contributed by atoms with E-state index in [-0.39, 0.29) is 11.4 Å². The van der Waals surface area contributed by atoms with Gasteiger partial charge in [-0.2, -0.15) is 9.78 Å². The normalized spacial score (nSPS) is 11.5. The van der Waals surface area contributed by atoms with Crippen LogP contribution < -0.4 is 10.3 Å². The molecule has 9 heteroatoms. The third-order valence-corrected chi connectivity index (χ3v) is 5.98. The number of carbonyl (C=O) groups excluding carboxylic acids is 1. The van der Waals surface area contributed by atoms with E-state index >= 15 is 0 Å². The summed E-state index contributed by atoms with van der Waals surface area (Å²) in [5, 5.41) is 5.70. The Bertz CT molecular complexity index is 1670. The first kappa shape index (κ1) is 22.2. The molecule has 5 aromatic rings. The van der Waals surface area contributed by atoms with Crippen LogP contribution in [0.15, 0.2) is 90.0 Å². The molecule has 0 atom stereocenters. The molecule has 0 spiro atoms. The van der Waals surface area contributed by atoms with Crippen LogP contribution in [-0.4, -0.2) is 21.8 Å². The molecule has 0 aliphatic carbocycles. The highest BCUT2D eigenvalue weighted by molar-refractivity contribution is 9.10. The molecule has 3 aromatic carbocycles. The van der Waals surface area contributed by atoms with Gasteiger partial charge >= 0.3 is 5.97 Å². The Labute approximate surface area is 209 Å². The van der Waals surface area contributed by atoms with Crippen molar-refractivity contribution in [3.63, 3.8) is 0 Å². The predicted octanol–water partition coefficient (Wildman–Crippen LogP) is 6.14. The van der Waals surface area contributed by atoms with Crippen molar-refractivity contribution in [3.05, 3.63) is 91.6 Å². The number of ether oxygens (including phenoxy) is 1. The number of furan rings is 1. The second kappa shape index (κ2) is 9.00. The second-order valence-corrected chi connectivity index (χ2v) is 9.21. The van der Waals surface area contributed by atoms with E-state index in [1.54, 1.807) is 36.4 Å². The van der Waals surface area contributed by atoms with Crippen LogP contribution >= 0.6 is 31.9 Å². The minimum absolute atomic E-state index is 0.247. The number of esters is 1. The number of para-hydroxylation sites is 1. The van der Waals surface area contributed by atoms with Gasteiger partial charge in [0.15, 0.2) is 5.76 Å². The standard InChI is InChI=1S/C25H15Br2N3O4/c1-14(31)33-22-9-7-18(27)11-16(22)13-28-30-24(29-20-5-3-2-4-19(20)25(30)32)23-12-15-10-17(26)6-8-21(15)34-23/h2-13H,1H3. The second-order valence-electron chi connectivity index (χ2n) is 7.38. The van der Waals surface area contributed by atoms with E-state index in [9.17, 15) is 9.59 Å². The zero-order valence-electron chi connectivity index (χ0n) is 17.7. The lowest BCUT2D eigenvalue weighted by Gasteiger charge is -2.08. The fourth-order valence-corrected chi connectivity index (χ4v) is 4.26. The summed E-state index contributed by atoms with van der Waals surface area (Å²) in [4.78, 5) is 29.6. The van der Waals surface area contributed by atoms with Gasteiger partial charge < -0.3 is 9.15 Å². The van der Waals surface area contributed by atoms with Gasteiger partial charge in [-0.05, 0) is 54.6 Å². The minimum atomic E-state index is -0.462. The predicted molar refractivity (Wildman–Crippen MR) is 137 cm³/mol. The molecule has 0 bridgehead atoms. The molecule has 0 unspecified atom stereocenters. The summed E-state index contributed by atoms with van der Waals surface area (Å²) in [5.41, 5.74) is 1.32. The van der Waals surface area contributed by atoms with Crippen molar-refractivity contribution in [1.82, 2.24) is 9.66 Å². The summed E-state index contributed by atoms with van der Waals surface area (Å²) in [6.07, 6.45) is 1.45. The van der Waals surface area contributed by atoms with E-state index in [0.29, 0.717) is 33.6 Å². The Morgan fingerprint density at radius 3 is 2.65 bits per heavy atom. The molecule has 168 valence electrons. The highest BCUT2D eigenvalue weighted by Crippen LogP contribution is 2.29. The molecular formula is C25H15Br2N3O4. The van der Waals surface area contributed by atoms with Crippen molar-refractivity contribution in [1.29, 1.82) is 0 Å². The summed E-state index contributed by atoms with van der Waals surface area (Å²) < 4.78 is 14.1. The van der Waals surface area contributed by atoms with E-state index in [2.05, 4.69) is 41.9 Å². The Balaban J connectivity index is 1.72. The molecule has 0 fully saturated rings. The van der Waals surface area contributed by atoms with Crippen molar-refractivity contribution in [2.45, 2.75) is 6.92 Å². The van der Waals surface area contributed by atoms with Gasteiger partial charge in [0.2, 0.25) is 5.82 Å². The Morgan fingerprint density at radius 1 is 1.06 bits per heavy atom. The van der Waals surface area contributed by atoms with Crippen LogP contribution in [-0.2, 0) is 4.79 Å². The van der Waals surface area contributed by atoms with Crippen LogP contribution in [0.25, 0.3) is 33.5 Å². The fourth-order valence-electron chi connectivity index (χ4n) is 3.50. The van der Waals surface area contributed by atoms with Crippen molar-refractivity contribution in [2.24, 2.45) is 5.10 Å². The number of halogens is 2. The summed E-state index contributed by atoms with van der Waals surface area (Å²) in [7, 11) is 0. The van der Waals surface area contributed by atoms with Gasteiger partial charge in [-0.25, -0.2) is 4.98 Å². The molecule has 5 rings (SSSR count). The maximum Gasteiger partial charge on any atom is 0.308 e. The number of hydrogen-bond donors (Lipinski definition) is 0. The quantitative estimate of drug-likeness (QED) is 0.145. The van der Waals surface area contributed by atoms with Gasteiger partial charge in [-0.3, -0.25) is 9.59 Å². The van der Waals surface area contributed by atoms with E-state index < -0.39 is 5.97 Å². The first-order valence-corrected chi connectivity index (χ1v) is 11.7.